The maximum Gasteiger partial charge on any atom is 0.267 e. The van der Waals surface area contributed by atoms with Gasteiger partial charge in [0.05, 0.1) is 18.9 Å². The summed E-state index contributed by atoms with van der Waals surface area (Å²) in [6.07, 6.45) is 5.47. The quantitative estimate of drug-likeness (QED) is 0.920. The summed E-state index contributed by atoms with van der Waals surface area (Å²) in [6.45, 7) is 1.88. The number of nitrogens with one attached hydrogen (secondary N) is 1. The molecule has 1 N–H and O–H groups in total. The van der Waals surface area contributed by atoms with Crippen molar-refractivity contribution >= 4 is 26.8 Å². The van der Waals surface area contributed by atoms with Gasteiger partial charge in [-0.2, -0.15) is 0 Å². The molecular weight excluding hydrogens is 328 g/mol. The number of sulfonamides is 1. The molecule has 1 amide bonds. The topological polar surface area (TPSA) is 77.4 Å². The Kier molecular flexibility index (Phi) is 4.29. The second-order valence-electron chi connectivity index (χ2n) is 6.36. The number of nitrogens with zero attached hydrogens (tertiary/aromatic N) is 1. The van der Waals surface area contributed by atoms with Crippen molar-refractivity contribution in [3.8, 4) is 5.75 Å². The number of methoxy groups -OCH3 is 1. The van der Waals surface area contributed by atoms with Gasteiger partial charge in [-0.05, 0) is 38.0 Å². The number of hydrogen-bond donors (Lipinski definition) is 1. The fourth-order valence-corrected chi connectivity index (χ4v) is 4.13. The van der Waals surface area contributed by atoms with Gasteiger partial charge in [-0.1, -0.05) is 12.8 Å². The van der Waals surface area contributed by atoms with Gasteiger partial charge in [-0.25, -0.2) is 13.1 Å². The molecule has 6 nitrogen and oxygen atoms in total. The van der Waals surface area contributed by atoms with Gasteiger partial charge in [0.25, 0.3) is 5.91 Å². The van der Waals surface area contributed by atoms with Gasteiger partial charge >= 0.3 is 0 Å². The summed E-state index contributed by atoms with van der Waals surface area (Å²) < 4.78 is 32.5. The molecule has 24 heavy (non-hydrogen) atoms. The zero-order valence-electron chi connectivity index (χ0n) is 14.1. The number of rotatable bonds is 4. The van der Waals surface area contributed by atoms with Crippen LogP contribution in [0.5, 0.6) is 5.75 Å². The summed E-state index contributed by atoms with van der Waals surface area (Å²) in [6, 6.07) is 5.95. The van der Waals surface area contributed by atoms with Crippen LogP contribution in [-0.2, 0) is 10.0 Å². The van der Waals surface area contributed by atoms with Gasteiger partial charge in [-0.3, -0.25) is 4.79 Å². The van der Waals surface area contributed by atoms with Gasteiger partial charge in [0.2, 0.25) is 10.0 Å². The Bertz CT molecular complexity index is 893. The lowest BCUT2D eigenvalue weighted by Crippen LogP contribution is -2.29. The highest BCUT2D eigenvalue weighted by molar-refractivity contribution is 7.89. The molecule has 1 aromatic heterocycles. The van der Waals surface area contributed by atoms with Crippen LogP contribution in [0.2, 0.25) is 0 Å². The normalized spacial score (nSPS) is 15.8. The van der Waals surface area contributed by atoms with E-state index in [2.05, 4.69) is 9.29 Å². The first kappa shape index (κ1) is 16.8. The summed E-state index contributed by atoms with van der Waals surface area (Å²) in [5.74, 6) is 0.0458. The van der Waals surface area contributed by atoms with Crippen LogP contribution in [0, 0.1) is 6.92 Å². The fraction of sp³-hybridized carbons (Fsp3) is 0.471. The van der Waals surface area contributed by atoms with E-state index in [0.29, 0.717) is 17.4 Å². The van der Waals surface area contributed by atoms with Gasteiger partial charge in [-0.15, -0.1) is 0 Å². The number of carbonyl (C=O) groups is 1. The zero-order chi connectivity index (χ0) is 17.5. The molecule has 0 bridgehead atoms. The van der Waals surface area contributed by atoms with E-state index in [1.54, 1.807) is 13.2 Å². The van der Waals surface area contributed by atoms with Crippen molar-refractivity contribution in [3.05, 3.63) is 29.5 Å². The number of ether oxygens (including phenoxy) is 1. The molecule has 0 unspecified atom stereocenters. The van der Waals surface area contributed by atoms with E-state index in [0.717, 1.165) is 35.7 Å². The predicted molar refractivity (Wildman–Crippen MR) is 93.0 cm³/mol. The van der Waals surface area contributed by atoms with Crippen LogP contribution in [0.15, 0.2) is 18.2 Å². The molecule has 1 aromatic carbocycles. The Balaban J connectivity index is 2.22. The van der Waals surface area contributed by atoms with Crippen LogP contribution in [0.25, 0.3) is 10.9 Å². The molecule has 0 saturated heterocycles. The molecule has 1 heterocycles. The molecule has 7 heteroatoms. The summed E-state index contributed by atoms with van der Waals surface area (Å²) in [5.41, 5.74) is 2.14. The van der Waals surface area contributed by atoms with Crippen molar-refractivity contribution in [1.82, 2.24) is 9.29 Å². The van der Waals surface area contributed by atoms with Crippen LogP contribution in [0.3, 0.4) is 0 Å². The molecule has 130 valence electrons. The zero-order valence-corrected chi connectivity index (χ0v) is 14.9. The van der Waals surface area contributed by atoms with Crippen molar-refractivity contribution in [1.29, 1.82) is 0 Å². The third kappa shape index (κ3) is 3.00. The van der Waals surface area contributed by atoms with Gasteiger partial charge < -0.3 is 9.30 Å². The van der Waals surface area contributed by atoms with Crippen LogP contribution in [-0.4, -0.2) is 32.3 Å². The van der Waals surface area contributed by atoms with E-state index in [1.807, 2.05) is 19.1 Å². The lowest BCUT2D eigenvalue weighted by molar-refractivity contribution is 0.0982. The average molecular weight is 350 g/mol. The third-order valence-corrected chi connectivity index (χ3v) is 5.21. The minimum atomic E-state index is -3.62. The molecule has 0 spiro atoms. The van der Waals surface area contributed by atoms with Crippen LogP contribution in [0.4, 0.5) is 0 Å². The molecule has 0 atom stereocenters. The van der Waals surface area contributed by atoms with E-state index >= 15 is 0 Å². The number of carbonyl (C=O) groups excluding carboxylic acids is 1. The first-order chi connectivity index (χ1) is 11.3. The SMILES string of the molecule is COc1ccc2c(c1)c(C(=O)NS(C)(=O)=O)c(C)n2C1CCCC1. The Morgan fingerprint density at radius 2 is 1.96 bits per heavy atom. The second-order valence-corrected chi connectivity index (χ2v) is 8.10. The molecular formula is C17H22N2O4S. The van der Waals surface area contributed by atoms with Crippen molar-refractivity contribution in [2.75, 3.05) is 13.4 Å². The largest absolute Gasteiger partial charge is 0.497 e. The number of fused-ring (bicyclic) bond motifs is 1. The Morgan fingerprint density at radius 1 is 1.29 bits per heavy atom. The Labute approximate surface area is 141 Å². The maximum absolute atomic E-state index is 12.6. The molecule has 1 fully saturated rings. The number of benzene rings is 1. The predicted octanol–water partition coefficient (Wildman–Crippen LogP) is 2.76. The van der Waals surface area contributed by atoms with E-state index in [1.165, 1.54) is 12.8 Å². The van der Waals surface area contributed by atoms with E-state index in [9.17, 15) is 13.2 Å². The maximum atomic E-state index is 12.6. The smallest absolute Gasteiger partial charge is 0.267 e. The molecule has 0 radical (unpaired) electrons. The first-order valence-electron chi connectivity index (χ1n) is 8.02. The highest BCUT2D eigenvalue weighted by Crippen LogP contribution is 2.38. The molecule has 1 aliphatic rings. The highest BCUT2D eigenvalue weighted by atomic mass is 32.2. The number of aromatic nitrogens is 1. The molecule has 0 aliphatic heterocycles. The van der Waals surface area contributed by atoms with Crippen molar-refractivity contribution in [3.63, 3.8) is 0 Å². The monoisotopic (exact) mass is 350 g/mol. The minimum Gasteiger partial charge on any atom is -0.497 e. The first-order valence-corrected chi connectivity index (χ1v) is 9.91. The Morgan fingerprint density at radius 3 is 2.54 bits per heavy atom. The molecule has 1 aliphatic carbocycles. The van der Waals surface area contributed by atoms with E-state index in [-0.39, 0.29) is 0 Å². The minimum absolute atomic E-state index is 0.348. The van der Waals surface area contributed by atoms with Crippen LogP contribution >= 0.6 is 0 Å². The lowest BCUT2D eigenvalue weighted by Gasteiger charge is -2.16. The number of amides is 1. The molecule has 2 aromatic rings. The fourth-order valence-electron chi connectivity index (χ4n) is 3.69. The summed E-state index contributed by atoms with van der Waals surface area (Å²) in [5, 5.41) is 0.722. The highest BCUT2D eigenvalue weighted by Gasteiger charge is 2.27. The second kappa shape index (κ2) is 6.12. The van der Waals surface area contributed by atoms with Gasteiger partial charge in [0.15, 0.2) is 0 Å². The van der Waals surface area contributed by atoms with Crippen molar-refractivity contribution < 1.29 is 17.9 Å². The van der Waals surface area contributed by atoms with Crippen molar-refractivity contribution in [2.24, 2.45) is 0 Å². The summed E-state index contributed by atoms with van der Waals surface area (Å²) in [7, 11) is -2.05. The number of hydrogen-bond acceptors (Lipinski definition) is 4. The third-order valence-electron chi connectivity index (χ3n) is 4.65. The van der Waals surface area contributed by atoms with Crippen LogP contribution in [0.1, 0.15) is 47.8 Å². The van der Waals surface area contributed by atoms with Crippen molar-refractivity contribution in [2.45, 2.75) is 38.6 Å². The lowest BCUT2D eigenvalue weighted by atomic mass is 10.1. The molecule has 3 rings (SSSR count). The standard InChI is InChI=1S/C17H22N2O4S/c1-11-16(17(20)18-24(3,21)22)14-10-13(23-2)8-9-15(14)19(11)12-6-4-5-7-12/h8-10,12H,4-7H2,1-3H3,(H,18,20). The van der Waals surface area contributed by atoms with E-state index in [4.69, 9.17) is 4.74 Å². The summed E-state index contributed by atoms with van der Waals surface area (Å²) >= 11 is 0. The average Bonchev–Trinajstić information content (AvgIpc) is 3.09. The van der Waals surface area contributed by atoms with Gasteiger partial charge in [0.1, 0.15) is 5.75 Å². The van der Waals surface area contributed by atoms with Crippen LogP contribution < -0.4 is 9.46 Å². The summed E-state index contributed by atoms with van der Waals surface area (Å²) in [4.78, 5) is 12.6. The van der Waals surface area contributed by atoms with Gasteiger partial charge in [0, 0.05) is 22.6 Å². The molecule has 1 saturated carbocycles. The van der Waals surface area contributed by atoms with E-state index < -0.39 is 15.9 Å². The Hall–Kier alpha value is -2.02.